The minimum Gasteiger partial charge on any atom is -0.297 e. The Kier molecular flexibility index (Phi) is 5.50. The van der Waals surface area contributed by atoms with E-state index in [2.05, 4.69) is 103 Å². The first-order valence-corrected chi connectivity index (χ1v) is 11.2. The average molecular weight is 395 g/mol. The summed E-state index contributed by atoms with van der Waals surface area (Å²) in [6.45, 7) is 4.54. The largest absolute Gasteiger partial charge is 0.297 e. The first kappa shape index (κ1) is 19.3. The third kappa shape index (κ3) is 3.85. The van der Waals surface area contributed by atoms with Gasteiger partial charge in [0, 0.05) is 18.2 Å². The van der Waals surface area contributed by atoms with Crippen LogP contribution in [0.3, 0.4) is 0 Å². The molecule has 2 bridgehead atoms. The molecule has 0 spiro atoms. The minimum atomic E-state index is 0.332. The Morgan fingerprint density at radius 1 is 0.833 bits per heavy atom. The summed E-state index contributed by atoms with van der Waals surface area (Å²) >= 11 is 0. The first-order chi connectivity index (χ1) is 14.8. The molecule has 3 fully saturated rings. The summed E-state index contributed by atoms with van der Waals surface area (Å²) in [5.74, 6) is 1.02. The number of aryl methyl sites for hydroxylation is 1. The third-order valence-corrected chi connectivity index (χ3v) is 6.93. The number of hydrogen-bond acceptors (Lipinski definition) is 2. The van der Waals surface area contributed by atoms with E-state index < -0.39 is 0 Å². The predicted octanol–water partition coefficient (Wildman–Crippen LogP) is 5.71. The molecule has 3 heterocycles. The molecule has 0 aromatic heterocycles. The van der Waals surface area contributed by atoms with Crippen molar-refractivity contribution >= 4 is 6.21 Å². The molecule has 0 radical (unpaired) electrons. The Labute approximate surface area is 180 Å². The van der Waals surface area contributed by atoms with Gasteiger partial charge in [-0.3, -0.25) is 9.89 Å². The summed E-state index contributed by atoms with van der Waals surface area (Å²) in [6.07, 6.45) is 4.66. The van der Waals surface area contributed by atoms with Crippen molar-refractivity contribution in [3.8, 4) is 0 Å². The van der Waals surface area contributed by atoms with Crippen LogP contribution in [0.25, 0.3) is 0 Å². The molecular formula is C28H30N2. The van der Waals surface area contributed by atoms with Crippen molar-refractivity contribution in [3.63, 3.8) is 0 Å². The van der Waals surface area contributed by atoms with Gasteiger partial charge < -0.3 is 0 Å². The van der Waals surface area contributed by atoms with Crippen LogP contribution < -0.4 is 0 Å². The molecular weight excluding hydrogens is 364 g/mol. The molecule has 3 aliphatic heterocycles. The molecule has 2 heteroatoms. The first-order valence-electron chi connectivity index (χ1n) is 11.2. The molecule has 0 amide bonds. The van der Waals surface area contributed by atoms with Gasteiger partial charge in [-0.15, -0.1) is 0 Å². The number of hydrogen-bond donors (Lipinski definition) is 0. The second kappa shape index (κ2) is 8.57. The number of rotatable bonds is 5. The lowest BCUT2D eigenvalue weighted by molar-refractivity contribution is 0.0215. The van der Waals surface area contributed by atoms with Gasteiger partial charge in [-0.2, -0.15) is 0 Å². The van der Waals surface area contributed by atoms with Gasteiger partial charge in [-0.05, 0) is 55.5 Å². The fourth-order valence-corrected chi connectivity index (χ4v) is 5.50. The number of piperidine rings is 3. The lowest BCUT2D eigenvalue weighted by Crippen LogP contribution is -2.59. The standard InChI is InChI=1S/C28H30N2/c1-21-9-8-10-22(19-21)20-29-27-25-15-17-30(18-16-25)28(27)26(23-11-4-2-5-12-23)24-13-6-3-7-14-24/h2-14,19-20,25-28H,15-18H2,1H3/b29-20-. The SMILES string of the molecule is Cc1cccc(/C=N\C2C3CCN(CC3)C2C(c2ccccc2)c2ccccc2)c1. The van der Waals surface area contributed by atoms with Crippen LogP contribution in [0.1, 0.15) is 41.0 Å². The summed E-state index contributed by atoms with van der Waals surface area (Å²) in [6, 6.07) is 31.5. The number of aliphatic imine (C=N–C) groups is 1. The summed E-state index contributed by atoms with van der Waals surface area (Å²) in [5.41, 5.74) is 5.30. The van der Waals surface area contributed by atoms with E-state index in [-0.39, 0.29) is 0 Å². The van der Waals surface area contributed by atoms with Crippen molar-refractivity contribution < 1.29 is 0 Å². The lowest BCUT2D eigenvalue weighted by Gasteiger charge is -2.52. The number of benzene rings is 3. The Bertz CT molecular complexity index is 948. The maximum Gasteiger partial charge on any atom is 0.0693 e. The predicted molar refractivity (Wildman–Crippen MR) is 125 cm³/mol. The van der Waals surface area contributed by atoms with Gasteiger partial charge in [0.2, 0.25) is 0 Å². The van der Waals surface area contributed by atoms with Crippen LogP contribution in [-0.2, 0) is 0 Å². The van der Waals surface area contributed by atoms with E-state index in [4.69, 9.17) is 4.99 Å². The molecule has 3 aromatic carbocycles. The van der Waals surface area contributed by atoms with Crippen LogP contribution in [0.4, 0.5) is 0 Å². The van der Waals surface area contributed by atoms with Crippen molar-refractivity contribution in [1.82, 2.24) is 4.90 Å². The van der Waals surface area contributed by atoms with E-state index in [9.17, 15) is 0 Å². The van der Waals surface area contributed by atoms with Gasteiger partial charge >= 0.3 is 0 Å². The fourth-order valence-electron chi connectivity index (χ4n) is 5.50. The zero-order valence-corrected chi connectivity index (χ0v) is 17.7. The summed E-state index contributed by atoms with van der Waals surface area (Å²) in [5, 5.41) is 0. The van der Waals surface area contributed by atoms with Crippen LogP contribution >= 0.6 is 0 Å². The topological polar surface area (TPSA) is 15.6 Å². The van der Waals surface area contributed by atoms with Crippen LogP contribution in [0.5, 0.6) is 0 Å². The molecule has 3 aliphatic rings. The van der Waals surface area contributed by atoms with Crippen molar-refractivity contribution in [2.75, 3.05) is 13.1 Å². The number of nitrogens with zero attached hydrogens (tertiary/aromatic N) is 2. The highest BCUT2D eigenvalue weighted by atomic mass is 15.2. The highest BCUT2D eigenvalue weighted by Gasteiger charge is 2.46. The Hall–Kier alpha value is -2.71. The summed E-state index contributed by atoms with van der Waals surface area (Å²) in [4.78, 5) is 7.98. The van der Waals surface area contributed by atoms with Crippen molar-refractivity contribution in [2.45, 2.75) is 37.8 Å². The van der Waals surface area contributed by atoms with E-state index in [0.717, 1.165) is 0 Å². The van der Waals surface area contributed by atoms with Gasteiger partial charge in [0.05, 0.1) is 6.04 Å². The fraction of sp³-hybridized carbons (Fsp3) is 0.321. The molecule has 6 rings (SSSR count). The highest BCUT2D eigenvalue weighted by molar-refractivity contribution is 5.80. The van der Waals surface area contributed by atoms with Crippen LogP contribution in [0, 0.1) is 12.8 Å². The molecule has 0 aliphatic carbocycles. The van der Waals surface area contributed by atoms with Crippen molar-refractivity contribution in [3.05, 3.63) is 107 Å². The van der Waals surface area contributed by atoms with Crippen LogP contribution in [0.15, 0.2) is 89.9 Å². The number of fused-ring (bicyclic) bond motifs is 3. The molecule has 0 N–H and O–H groups in total. The Morgan fingerprint density at radius 3 is 2.07 bits per heavy atom. The van der Waals surface area contributed by atoms with Crippen molar-refractivity contribution in [2.24, 2.45) is 10.9 Å². The van der Waals surface area contributed by atoms with Crippen LogP contribution in [0.2, 0.25) is 0 Å². The van der Waals surface area contributed by atoms with Gasteiger partial charge in [0.1, 0.15) is 0 Å². The second-order valence-electron chi connectivity index (χ2n) is 8.85. The molecule has 3 saturated heterocycles. The van der Waals surface area contributed by atoms with E-state index in [1.54, 1.807) is 0 Å². The van der Waals surface area contributed by atoms with Gasteiger partial charge in [0.15, 0.2) is 0 Å². The smallest absolute Gasteiger partial charge is 0.0693 e. The monoisotopic (exact) mass is 394 g/mol. The zero-order chi connectivity index (χ0) is 20.3. The second-order valence-corrected chi connectivity index (χ2v) is 8.85. The van der Waals surface area contributed by atoms with Crippen LogP contribution in [-0.4, -0.2) is 36.3 Å². The van der Waals surface area contributed by atoms with Gasteiger partial charge in [-0.25, -0.2) is 0 Å². The summed E-state index contributed by atoms with van der Waals surface area (Å²) in [7, 11) is 0. The maximum atomic E-state index is 5.26. The van der Waals surface area contributed by atoms with E-state index in [1.165, 1.54) is 48.2 Å². The third-order valence-electron chi connectivity index (χ3n) is 6.93. The van der Waals surface area contributed by atoms with Gasteiger partial charge in [-0.1, -0.05) is 90.5 Å². The Balaban J connectivity index is 1.55. The highest BCUT2D eigenvalue weighted by Crippen LogP contribution is 2.43. The molecule has 2 unspecified atom stereocenters. The van der Waals surface area contributed by atoms with E-state index in [1.807, 2.05) is 0 Å². The molecule has 0 saturated carbocycles. The lowest BCUT2D eigenvalue weighted by atomic mass is 9.71. The van der Waals surface area contributed by atoms with Gasteiger partial charge in [0.25, 0.3) is 0 Å². The summed E-state index contributed by atoms with van der Waals surface area (Å²) < 4.78 is 0. The zero-order valence-electron chi connectivity index (χ0n) is 17.7. The quantitative estimate of drug-likeness (QED) is 0.506. The normalized spacial score (nSPS) is 25.8. The Morgan fingerprint density at radius 2 is 1.47 bits per heavy atom. The van der Waals surface area contributed by atoms with E-state index >= 15 is 0 Å². The molecule has 152 valence electrons. The average Bonchev–Trinajstić information content (AvgIpc) is 2.81. The maximum absolute atomic E-state index is 5.26. The molecule has 30 heavy (non-hydrogen) atoms. The molecule has 2 nitrogen and oxygen atoms in total. The molecule has 3 aromatic rings. The van der Waals surface area contributed by atoms with E-state index in [0.29, 0.717) is 23.9 Å². The molecule has 2 atom stereocenters. The minimum absolute atomic E-state index is 0.332. The van der Waals surface area contributed by atoms with Crippen molar-refractivity contribution in [1.29, 1.82) is 0 Å².